The standard InChI is InChI=1S/C15H18O3/c1-4-11-5-6-12(10(2)3)9-13(11)14(16)7-8-15(17)18/h5-10H,4H2,1-3H3,(H,17,18)/b8-7+. The molecular formula is C15H18O3. The Labute approximate surface area is 107 Å². The van der Waals surface area contributed by atoms with Crippen molar-refractivity contribution in [3.05, 3.63) is 47.0 Å². The van der Waals surface area contributed by atoms with Gasteiger partial charge in [-0.3, -0.25) is 4.79 Å². The van der Waals surface area contributed by atoms with Gasteiger partial charge in [-0.05, 0) is 35.6 Å². The van der Waals surface area contributed by atoms with Crippen molar-refractivity contribution in [3.63, 3.8) is 0 Å². The third-order valence-electron chi connectivity index (χ3n) is 2.82. The fourth-order valence-electron chi connectivity index (χ4n) is 1.73. The number of carbonyl (C=O) groups excluding carboxylic acids is 1. The van der Waals surface area contributed by atoms with E-state index in [-0.39, 0.29) is 5.78 Å². The molecule has 0 radical (unpaired) electrons. The Kier molecular flexibility index (Phi) is 4.84. The summed E-state index contributed by atoms with van der Waals surface area (Å²) in [7, 11) is 0. The maximum absolute atomic E-state index is 12.0. The summed E-state index contributed by atoms with van der Waals surface area (Å²) in [5, 5.41) is 8.54. The van der Waals surface area contributed by atoms with Crippen molar-refractivity contribution < 1.29 is 14.7 Å². The average Bonchev–Trinajstić information content (AvgIpc) is 2.34. The normalized spacial score (nSPS) is 11.1. The monoisotopic (exact) mass is 246 g/mol. The lowest BCUT2D eigenvalue weighted by atomic mass is 9.94. The van der Waals surface area contributed by atoms with Gasteiger partial charge in [0.05, 0.1) is 0 Å². The van der Waals surface area contributed by atoms with E-state index in [9.17, 15) is 9.59 Å². The third-order valence-corrected chi connectivity index (χ3v) is 2.82. The van der Waals surface area contributed by atoms with Crippen LogP contribution in [0.25, 0.3) is 0 Å². The molecule has 0 aromatic heterocycles. The molecule has 0 fully saturated rings. The molecule has 3 heteroatoms. The Balaban J connectivity index is 3.15. The van der Waals surface area contributed by atoms with Crippen LogP contribution >= 0.6 is 0 Å². The van der Waals surface area contributed by atoms with E-state index in [0.29, 0.717) is 11.5 Å². The second-order valence-electron chi connectivity index (χ2n) is 4.46. The minimum atomic E-state index is -1.11. The Morgan fingerprint density at radius 3 is 2.44 bits per heavy atom. The van der Waals surface area contributed by atoms with Crippen molar-refractivity contribution in [3.8, 4) is 0 Å². The van der Waals surface area contributed by atoms with Gasteiger partial charge in [0.15, 0.2) is 5.78 Å². The lowest BCUT2D eigenvalue weighted by Gasteiger charge is -2.10. The summed E-state index contributed by atoms with van der Waals surface area (Å²) in [6.07, 6.45) is 2.74. The van der Waals surface area contributed by atoms with Crippen molar-refractivity contribution in [2.45, 2.75) is 33.1 Å². The smallest absolute Gasteiger partial charge is 0.328 e. The minimum Gasteiger partial charge on any atom is -0.478 e. The molecule has 1 aromatic carbocycles. The van der Waals surface area contributed by atoms with Crippen LogP contribution in [0.1, 0.15) is 48.2 Å². The molecule has 1 rings (SSSR count). The molecule has 0 aliphatic heterocycles. The van der Waals surface area contributed by atoms with Gasteiger partial charge in [0, 0.05) is 11.6 Å². The molecule has 18 heavy (non-hydrogen) atoms. The highest BCUT2D eigenvalue weighted by atomic mass is 16.4. The number of benzene rings is 1. The number of rotatable bonds is 5. The van der Waals surface area contributed by atoms with Crippen molar-refractivity contribution in [1.82, 2.24) is 0 Å². The SMILES string of the molecule is CCc1ccc(C(C)C)cc1C(=O)/C=C/C(=O)O. The van der Waals surface area contributed by atoms with Gasteiger partial charge < -0.3 is 5.11 Å². The van der Waals surface area contributed by atoms with Crippen LogP contribution in [0.5, 0.6) is 0 Å². The van der Waals surface area contributed by atoms with E-state index in [2.05, 4.69) is 13.8 Å². The van der Waals surface area contributed by atoms with Gasteiger partial charge in [-0.15, -0.1) is 0 Å². The second-order valence-corrected chi connectivity index (χ2v) is 4.46. The maximum atomic E-state index is 12.0. The van der Waals surface area contributed by atoms with Crippen molar-refractivity contribution in [1.29, 1.82) is 0 Å². The molecule has 0 saturated heterocycles. The topological polar surface area (TPSA) is 54.4 Å². The highest BCUT2D eigenvalue weighted by Crippen LogP contribution is 2.20. The van der Waals surface area contributed by atoms with Crippen molar-refractivity contribution >= 4 is 11.8 Å². The summed E-state index contributed by atoms with van der Waals surface area (Å²) in [6, 6.07) is 5.82. The lowest BCUT2D eigenvalue weighted by molar-refractivity contribution is -0.131. The highest BCUT2D eigenvalue weighted by molar-refractivity contribution is 6.07. The van der Waals surface area contributed by atoms with Crippen LogP contribution in [0.4, 0.5) is 0 Å². The number of carbonyl (C=O) groups is 2. The summed E-state index contributed by atoms with van der Waals surface area (Å²) in [4.78, 5) is 22.4. The zero-order valence-corrected chi connectivity index (χ0v) is 10.9. The Morgan fingerprint density at radius 2 is 1.94 bits per heavy atom. The molecule has 0 spiro atoms. The van der Waals surface area contributed by atoms with Gasteiger partial charge in [0.25, 0.3) is 0 Å². The Hall–Kier alpha value is -1.90. The van der Waals surface area contributed by atoms with Gasteiger partial charge in [-0.2, -0.15) is 0 Å². The summed E-state index contributed by atoms with van der Waals surface area (Å²) in [5.41, 5.74) is 2.62. The zero-order valence-electron chi connectivity index (χ0n) is 10.9. The van der Waals surface area contributed by atoms with Gasteiger partial charge in [0.1, 0.15) is 0 Å². The van der Waals surface area contributed by atoms with Crippen molar-refractivity contribution in [2.24, 2.45) is 0 Å². The van der Waals surface area contributed by atoms with E-state index >= 15 is 0 Å². The first-order chi connectivity index (χ1) is 8.45. The molecule has 1 aromatic rings. The first-order valence-electron chi connectivity index (χ1n) is 6.03. The van der Waals surface area contributed by atoms with E-state index in [1.807, 2.05) is 25.1 Å². The summed E-state index contributed by atoms with van der Waals surface area (Å²) < 4.78 is 0. The number of ketones is 1. The van der Waals surface area contributed by atoms with E-state index in [4.69, 9.17) is 5.11 Å². The first-order valence-corrected chi connectivity index (χ1v) is 6.03. The molecule has 0 amide bonds. The van der Waals surface area contributed by atoms with Gasteiger partial charge in [-0.1, -0.05) is 32.9 Å². The predicted molar refractivity (Wildman–Crippen MR) is 71.0 cm³/mol. The van der Waals surface area contributed by atoms with Crippen LogP contribution in [-0.2, 0) is 11.2 Å². The largest absolute Gasteiger partial charge is 0.478 e. The molecule has 0 aliphatic carbocycles. The number of allylic oxidation sites excluding steroid dienone is 1. The van der Waals surface area contributed by atoms with Crippen LogP contribution < -0.4 is 0 Å². The Morgan fingerprint density at radius 1 is 1.28 bits per heavy atom. The Bertz CT molecular complexity index is 485. The third kappa shape index (κ3) is 3.55. The number of hydrogen-bond acceptors (Lipinski definition) is 2. The summed E-state index contributed by atoms with van der Waals surface area (Å²) >= 11 is 0. The van der Waals surface area contributed by atoms with Gasteiger partial charge in [-0.25, -0.2) is 4.79 Å². The number of aryl methyl sites for hydroxylation is 1. The number of carboxylic acid groups (broad SMARTS) is 1. The quantitative estimate of drug-likeness (QED) is 0.641. The molecule has 0 atom stereocenters. The number of carboxylic acids is 1. The number of hydrogen-bond donors (Lipinski definition) is 1. The predicted octanol–water partition coefficient (Wildman–Crippen LogP) is 3.20. The van der Waals surface area contributed by atoms with E-state index in [1.54, 1.807) is 0 Å². The maximum Gasteiger partial charge on any atom is 0.328 e. The van der Waals surface area contributed by atoms with Crippen LogP contribution in [0.3, 0.4) is 0 Å². The van der Waals surface area contributed by atoms with Crippen LogP contribution in [0.2, 0.25) is 0 Å². The number of aliphatic carboxylic acids is 1. The lowest BCUT2D eigenvalue weighted by Crippen LogP contribution is -2.03. The molecule has 96 valence electrons. The molecule has 0 saturated carbocycles. The average molecular weight is 246 g/mol. The van der Waals surface area contributed by atoms with Crippen LogP contribution in [-0.4, -0.2) is 16.9 Å². The van der Waals surface area contributed by atoms with E-state index < -0.39 is 5.97 Å². The molecular weight excluding hydrogens is 228 g/mol. The second kappa shape index (κ2) is 6.15. The molecule has 3 nitrogen and oxygen atoms in total. The summed E-state index contributed by atoms with van der Waals surface area (Å²) in [5.74, 6) is -1.02. The zero-order chi connectivity index (χ0) is 13.7. The van der Waals surface area contributed by atoms with E-state index in [0.717, 1.165) is 29.7 Å². The highest BCUT2D eigenvalue weighted by Gasteiger charge is 2.10. The molecule has 0 heterocycles. The minimum absolute atomic E-state index is 0.253. The molecule has 0 aliphatic rings. The van der Waals surface area contributed by atoms with Crippen molar-refractivity contribution in [2.75, 3.05) is 0 Å². The van der Waals surface area contributed by atoms with Crippen LogP contribution in [0.15, 0.2) is 30.4 Å². The molecule has 0 bridgehead atoms. The fraction of sp³-hybridized carbons (Fsp3) is 0.333. The van der Waals surface area contributed by atoms with E-state index in [1.165, 1.54) is 0 Å². The van der Waals surface area contributed by atoms with Gasteiger partial charge >= 0.3 is 5.97 Å². The molecule has 0 unspecified atom stereocenters. The van der Waals surface area contributed by atoms with Crippen LogP contribution in [0, 0.1) is 0 Å². The summed E-state index contributed by atoms with van der Waals surface area (Å²) in [6.45, 7) is 6.09. The fourth-order valence-corrected chi connectivity index (χ4v) is 1.73. The molecule has 1 N–H and O–H groups in total. The first kappa shape index (κ1) is 14.2. The van der Waals surface area contributed by atoms with Gasteiger partial charge in [0.2, 0.25) is 0 Å².